The maximum atomic E-state index is 5.85. The van der Waals surface area contributed by atoms with Gasteiger partial charge in [-0.15, -0.1) is 0 Å². The highest BCUT2D eigenvalue weighted by Gasteiger charge is 2.08. The van der Waals surface area contributed by atoms with E-state index in [2.05, 4.69) is 25.2 Å². The van der Waals surface area contributed by atoms with Gasteiger partial charge in [-0.25, -0.2) is 0 Å². The normalized spacial score (nSPS) is 11.1. The lowest BCUT2D eigenvalue weighted by atomic mass is 10.2. The molecule has 0 saturated heterocycles. The van der Waals surface area contributed by atoms with Gasteiger partial charge >= 0.3 is 0 Å². The fourth-order valence-corrected chi connectivity index (χ4v) is 2.12. The molecule has 0 radical (unpaired) electrons. The van der Waals surface area contributed by atoms with Gasteiger partial charge in [0.15, 0.2) is 0 Å². The fraction of sp³-hybridized carbons (Fsp3) is 0.412. The first-order valence-electron chi connectivity index (χ1n) is 7.22. The van der Waals surface area contributed by atoms with Crippen LogP contribution < -0.4 is 10.1 Å². The second-order valence-electron chi connectivity index (χ2n) is 5.56. The van der Waals surface area contributed by atoms with Crippen molar-refractivity contribution in [2.45, 2.75) is 33.9 Å². The first-order chi connectivity index (χ1) is 10.0. The monoisotopic (exact) mass is 307 g/mol. The Morgan fingerprint density at radius 2 is 1.95 bits per heavy atom. The number of aryl methyl sites for hydroxylation is 1. The number of nitrogens with one attached hydrogen (secondary N) is 1. The summed E-state index contributed by atoms with van der Waals surface area (Å²) < 4.78 is 11.5. The second kappa shape index (κ2) is 7.53. The molecule has 0 aliphatic rings. The van der Waals surface area contributed by atoms with Crippen molar-refractivity contribution in [3.05, 3.63) is 52.4 Å². The third-order valence-electron chi connectivity index (χ3n) is 3.13. The van der Waals surface area contributed by atoms with Gasteiger partial charge in [-0.05, 0) is 49.7 Å². The average Bonchev–Trinajstić information content (AvgIpc) is 2.78. The Labute approximate surface area is 131 Å². The van der Waals surface area contributed by atoms with Gasteiger partial charge in [0.05, 0.1) is 6.54 Å². The number of halogens is 1. The van der Waals surface area contributed by atoms with Gasteiger partial charge in [0.25, 0.3) is 0 Å². The lowest BCUT2D eigenvalue weighted by Gasteiger charge is -2.05. The van der Waals surface area contributed by atoms with Crippen LogP contribution in [0.15, 0.2) is 34.7 Å². The minimum Gasteiger partial charge on any atom is -0.489 e. The third-order valence-corrected chi connectivity index (χ3v) is 3.38. The van der Waals surface area contributed by atoms with Crippen LogP contribution in [0, 0.1) is 12.8 Å². The summed E-state index contributed by atoms with van der Waals surface area (Å²) in [5, 5.41) is 4.08. The summed E-state index contributed by atoms with van der Waals surface area (Å²) in [5.41, 5.74) is 1.08. The van der Waals surface area contributed by atoms with E-state index in [4.69, 9.17) is 20.8 Å². The summed E-state index contributed by atoms with van der Waals surface area (Å²) in [6, 6.07) is 9.42. The Hall–Kier alpha value is -1.45. The van der Waals surface area contributed by atoms with Crippen LogP contribution in [0.3, 0.4) is 0 Å². The van der Waals surface area contributed by atoms with Gasteiger partial charge in [0, 0.05) is 10.6 Å². The highest BCUT2D eigenvalue weighted by atomic mass is 35.5. The SMILES string of the molecule is Cc1oc(CNCC(C)C)cc1COc1ccc(Cl)cc1. The van der Waals surface area contributed by atoms with E-state index in [0.717, 1.165) is 35.9 Å². The van der Waals surface area contributed by atoms with Gasteiger partial charge in [-0.2, -0.15) is 0 Å². The molecule has 21 heavy (non-hydrogen) atoms. The number of hydrogen-bond acceptors (Lipinski definition) is 3. The highest BCUT2D eigenvalue weighted by Crippen LogP contribution is 2.20. The Morgan fingerprint density at radius 3 is 2.62 bits per heavy atom. The molecule has 0 bridgehead atoms. The molecule has 1 heterocycles. The van der Waals surface area contributed by atoms with Crippen molar-refractivity contribution < 1.29 is 9.15 Å². The predicted octanol–water partition coefficient (Wildman–Crippen LogP) is 4.57. The maximum absolute atomic E-state index is 5.85. The summed E-state index contributed by atoms with van der Waals surface area (Å²) in [5.74, 6) is 3.29. The molecule has 3 nitrogen and oxygen atoms in total. The first-order valence-corrected chi connectivity index (χ1v) is 7.59. The zero-order chi connectivity index (χ0) is 15.2. The molecule has 1 aromatic heterocycles. The quantitative estimate of drug-likeness (QED) is 0.814. The molecular formula is C17H22ClNO2. The number of furan rings is 1. The largest absolute Gasteiger partial charge is 0.489 e. The smallest absolute Gasteiger partial charge is 0.119 e. The number of rotatable bonds is 7. The summed E-state index contributed by atoms with van der Waals surface area (Å²) in [6.45, 7) is 8.57. The van der Waals surface area contributed by atoms with Crippen molar-refractivity contribution in [2.75, 3.05) is 6.54 Å². The number of benzene rings is 1. The molecule has 2 rings (SSSR count). The van der Waals surface area contributed by atoms with Crippen LogP contribution in [0.5, 0.6) is 5.75 Å². The Kier molecular flexibility index (Phi) is 5.71. The molecule has 4 heteroatoms. The van der Waals surface area contributed by atoms with Gasteiger partial charge in [0.2, 0.25) is 0 Å². The lowest BCUT2D eigenvalue weighted by Crippen LogP contribution is -2.18. The van der Waals surface area contributed by atoms with Crippen molar-refractivity contribution in [3.63, 3.8) is 0 Å². The van der Waals surface area contributed by atoms with E-state index >= 15 is 0 Å². The average molecular weight is 308 g/mol. The molecular weight excluding hydrogens is 286 g/mol. The van der Waals surface area contributed by atoms with Gasteiger partial charge in [0.1, 0.15) is 23.9 Å². The minimum absolute atomic E-state index is 0.501. The number of hydrogen-bond donors (Lipinski definition) is 1. The zero-order valence-electron chi connectivity index (χ0n) is 12.8. The van der Waals surface area contributed by atoms with Crippen LogP contribution in [0.1, 0.15) is 30.9 Å². The van der Waals surface area contributed by atoms with E-state index in [-0.39, 0.29) is 0 Å². The van der Waals surface area contributed by atoms with E-state index < -0.39 is 0 Å². The molecule has 0 spiro atoms. The van der Waals surface area contributed by atoms with Crippen LogP contribution in [0.25, 0.3) is 0 Å². The second-order valence-corrected chi connectivity index (χ2v) is 6.00. The topological polar surface area (TPSA) is 34.4 Å². The van der Waals surface area contributed by atoms with E-state index in [1.54, 1.807) is 0 Å². The minimum atomic E-state index is 0.501. The Bertz CT molecular complexity index is 561. The Morgan fingerprint density at radius 1 is 1.24 bits per heavy atom. The van der Waals surface area contributed by atoms with E-state index in [9.17, 15) is 0 Å². The van der Waals surface area contributed by atoms with Crippen molar-refractivity contribution in [1.29, 1.82) is 0 Å². The molecule has 0 saturated carbocycles. The van der Waals surface area contributed by atoms with Crippen LogP contribution in [-0.2, 0) is 13.2 Å². The van der Waals surface area contributed by atoms with Gasteiger partial charge < -0.3 is 14.5 Å². The molecule has 0 amide bonds. The molecule has 1 N–H and O–H groups in total. The van der Waals surface area contributed by atoms with Crippen molar-refractivity contribution >= 4 is 11.6 Å². The number of ether oxygens (including phenoxy) is 1. The maximum Gasteiger partial charge on any atom is 0.119 e. The first kappa shape index (κ1) is 15.9. The lowest BCUT2D eigenvalue weighted by molar-refractivity contribution is 0.303. The van der Waals surface area contributed by atoms with Gasteiger partial charge in [-0.3, -0.25) is 0 Å². The van der Waals surface area contributed by atoms with Crippen molar-refractivity contribution in [3.8, 4) is 5.75 Å². The summed E-state index contributed by atoms with van der Waals surface area (Å²) in [7, 11) is 0. The van der Waals surface area contributed by atoms with Crippen LogP contribution in [0.2, 0.25) is 5.02 Å². The van der Waals surface area contributed by atoms with Crippen molar-refractivity contribution in [1.82, 2.24) is 5.32 Å². The van der Waals surface area contributed by atoms with E-state index in [0.29, 0.717) is 17.5 Å². The van der Waals surface area contributed by atoms with Crippen LogP contribution in [0.4, 0.5) is 0 Å². The van der Waals surface area contributed by atoms with Crippen molar-refractivity contribution in [2.24, 2.45) is 5.92 Å². The van der Waals surface area contributed by atoms with E-state index in [1.165, 1.54) is 0 Å². The van der Waals surface area contributed by atoms with Crippen LogP contribution >= 0.6 is 11.6 Å². The molecule has 0 fully saturated rings. The molecule has 0 aliphatic heterocycles. The summed E-state index contributed by atoms with van der Waals surface area (Å²) >= 11 is 5.85. The standard InChI is InChI=1S/C17H22ClNO2/c1-12(2)9-19-10-17-8-14(13(3)21-17)11-20-16-6-4-15(18)5-7-16/h4-8,12,19H,9-11H2,1-3H3. The third kappa shape index (κ3) is 5.10. The highest BCUT2D eigenvalue weighted by molar-refractivity contribution is 6.30. The molecule has 0 unspecified atom stereocenters. The molecule has 1 aromatic carbocycles. The van der Waals surface area contributed by atoms with Crippen LogP contribution in [-0.4, -0.2) is 6.54 Å². The fourth-order valence-electron chi connectivity index (χ4n) is 1.99. The van der Waals surface area contributed by atoms with E-state index in [1.807, 2.05) is 31.2 Å². The summed E-state index contributed by atoms with van der Waals surface area (Å²) in [4.78, 5) is 0. The molecule has 2 aromatic rings. The zero-order valence-corrected chi connectivity index (χ0v) is 13.5. The molecule has 114 valence electrons. The van der Waals surface area contributed by atoms with Gasteiger partial charge in [-0.1, -0.05) is 25.4 Å². The molecule has 0 aliphatic carbocycles. The molecule has 0 atom stereocenters. The Balaban J connectivity index is 1.88. The summed E-state index contributed by atoms with van der Waals surface area (Å²) in [6.07, 6.45) is 0. The predicted molar refractivity (Wildman–Crippen MR) is 85.8 cm³/mol.